The predicted molar refractivity (Wildman–Crippen MR) is 133 cm³/mol. The van der Waals surface area contributed by atoms with Crippen molar-refractivity contribution in [3.8, 4) is 0 Å². The Morgan fingerprint density at radius 3 is 2.24 bits per heavy atom. The Morgan fingerprint density at radius 1 is 0.971 bits per heavy atom. The zero-order chi connectivity index (χ0) is 24.1. The van der Waals surface area contributed by atoms with Gasteiger partial charge in [-0.1, -0.05) is 30.3 Å². The molecule has 0 atom stereocenters. The number of anilines is 2. The van der Waals surface area contributed by atoms with Gasteiger partial charge in [-0.15, -0.1) is 0 Å². The monoisotopic (exact) mass is 481 g/mol. The van der Waals surface area contributed by atoms with Crippen molar-refractivity contribution in [1.29, 1.82) is 0 Å². The summed E-state index contributed by atoms with van der Waals surface area (Å²) in [6, 6.07) is 20.5. The van der Waals surface area contributed by atoms with Crippen LogP contribution >= 0.6 is 0 Å². The molecule has 1 fully saturated rings. The maximum atomic E-state index is 14.1. The molecule has 4 rings (SSSR count). The summed E-state index contributed by atoms with van der Waals surface area (Å²) in [5.41, 5.74) is 3.25. The number of hydrogen-bond donors (Lipinski definition) is 1. The van der Waals surface area contributed by atoms with E-state index in [1.54, 1.807) is 42.5 Å². The number of halogens is 1. The van der Waals surface area contributed by atoms with Crippen LogP contribution in [0.3, 0.4) is 0 Å². The molecule has 1 saturated heterocycles. The molecule has 1 aliphatic rings. The van der Waals surface area contributed by atoms with E-state index in [2.05, 4.69) is 22.3 Å². The first-order valence-electron chi connectivity index (χ1n) is 11.2. The van der Waals surface area contributed by atoms with Gasteiger partial charge in [0.15, 0.2) is 0 Å². The maximum Gasteiger partial charge on any atom is 0.251 e. The molecule has 178 valence electrons. The number of carbonyl (C=O) groups is 1. The quantitative estimate of drug-likeness (QED) is 0.520. The van der Waals surface area contributed by atoms with Gasteiger partial charge < -0.3 is 10.2 Å². The summed E-state index contributed by atoms with van der Waals surface area (Å²) in [7, 11) is -3.66. The van der Waals surface area contributed by atoms with Crippen LogP contribution in [0.1, 0.15) is 34.3 Å². The smallest absolute Gasteiger partial charge is 0.251 e. The van der Waals surface area contributed by atoms with Crippen LogP contribution in [0.5, 0.6) is 0 Å². The number of rotatable bonds is 8. The molecule has 0 aliphatic carbocycles. The topological polar surface area (TPSA) is 69.7 Å². The molecule has 34 heavy (non-hydrogen) atoms. The fraction of sp³-hybridized carbons (Fsp3) is 0.269. The molecule has 0 spiro atoms. The van der Waals surface area contributed by atoms with Crippen molar-refractivity contribution in [1.82, 2.24) is 5.32 Å². The van der Waals surface area contributed by atoms with Crippen molar-refractivity contribution in [2.75, 3.05) is 28.6 Å². The molecule has 0 aromatic heterocycles. The van der Waals surface area contributed by atoms with E-state index in [-0.39, 0.29) is 18.0 Å². The fourth-order valence-electron chi connectivity index (χ4n) is 4.04. The third-order valence-corrected chi connectivity index (χ3v) is 7.09. The molecule has 1 N–H and O–H groups in total. The molecule has 3 aromatic carbocycles. The van der Waals surface area contributed by atoms with E-state index in [1.807, 2.05) is 12.1 Å². The first-order chi connectivity index (χ1) is 16.3. The minimum absolute atomic E-state index is 0.134. The van der Waals surface area contributed by atoms with E-state index < -0.39 is 15.8 Å². The first-order valence-corrected chi connectivity index (χ1v) is 13.1. The Kier molecular flexibility index (Phi) is 7.17. The summed E-state index contributed by atoms with van der Waals surface area (Å²) in [4.78, 5) is 15.0. The van der Waals surface area contributed by atoms with Gasteiger partial charge in [-0.2, -0.15) is 0 Å². The van der Waals surface area contributed by atoms with Gasteiger partial charge in [0, 0.05) is 36.4 Å². The van der Waals surface area contributed by atoms with Gasteiger partial charge in [-0.25, -0.2) is 12.8 Å². The highest BCUT2D eigenvalue weighted by Crippen LogP contribution is 2.23. The standard InChI is InChI=1S/C26H28FN3O3S/c1-34(32,33)30(19-22-6-2-3-7-25(22)27)24-14-10-21(11-15-24)26(31)28-18-20-8-12-23(13-9-20)29-16-4-5-17-29/h2-3,6-15H,4-5,16-19H2,1H3,(H,28,31). The molecule has 1 heterocycles. The largest absolute Gasteiger partial charge is 0.372 e. The summed E-state index contributed by atoms with van der Waals surface area (Å²) < 4.78 is 39.9. The molecule has 0 radical (unpaired) electrons. The van der Waals surface area contributed by atoms with Crippen molar-refractivity contribution in [3.05, 3.63) is 95.3 Å². The average Bonchev–Trinajstić information content (AvgIpc) is 3.37. The number of nitrogens with one attached hydrogen (secondary N) is 1. The molecule has 0 saturated carbocycles. The Hall–Kier alpha value is -3.39. The van der Waals surface area contributed by atoms with Gasteiger partial charge in [0.05, 0.1) is 18.5 Å². The van der Waals surface area contributed by atoms with E-state index in [4.69, 9.17) is 0 Å². The van der Waals surface area contributed by atoms with E-state index in [0.717, 1.165) is 29.2 Å². The van der Waals surface area contributed by atoms with Gasteiger partial charge in [-0.05, 0) is 60.9 Å². The highest BCUT2D eigenvalue weighted by Gasteiger charge is 2.20. The Morgan fingerprint density at radius 2 is 1.62 bits per heavy atom. The maximum absolute atomic E-state index is 14.1. The molecule has 1 amide bonds. The summed E-state index contributed by atoms with van der Waals surface area (Å²) in [5.74, 6) is -0.726. The third-order valence-electron chi connectivity index (χ3n) is 5.95. The van der Waals surface area contributed by atoms with E-state index >= 15 is 0 Å². The Balaban J connectivity index is 1.40. The van der Waals surface area contributed by atoms with E-state index in [9.17, 15) is 17.6 Å². The van der Waals surface area contributed by atoms with Crippen molar-refractivity contribution < 1.29 is 17.6 Å². The predicted octanol–water partition coefficient (Wildman–Crippen LogP) is 4.32. The number of hydrogen-bond acceptors (Lipinski definition) is 4. The fourth-order valence-corrected chi connectivity index (χ4v) is 4.92. The van der Waals surface area contributed by atoms with Crippen LogP contribution < -0.4 is 14.5 Å². The molecule has 1 aliphatic heterocycles. The van der Waals surface area contributed by atoms with Gasteiger partial charge in [-0.3, -0.25) is 9.10 Å². The van der Waals surface area contributed by atoms with Gasteiger partial charge in [0.25, 0.3) is 5.91 Å². The summed E-state index contributed by atoms with van der Waals surface area (Å²) in [5, 5.41) is 2.90. The van der Waals surface area contributed by atoms with Crippen LogP contribution in [0.4, 0.5) is 15.8 Å². The van der Waals surface area contributed by atoms with Crippen LogP contribution in [0.15, 0.2) is 72.8 Å². The van der Waals surface area contributed by atoms with Gasteiger partial charge in [0.2, 0.25) is 10.0 Å². The Bertz CT molecular complexity index is 1240. The second kappa shape index (κ2) is 10.3. The second-order valence-electron chi connectivity index (χ2n) is 8.45. The van der Waals surface area contributed by atoms with Crippen LogP contribution in [0.2, 0.25) is 0 Å². The zero-order valence-corrected chi connectivity index (χ0v) is 19.9. The lowest BCUT2D eigenvalue weighted by atomic mass is 10.1. The third kappa shape index (κ3) is 5.75. The molecule has 0 bridgehead atoms. The van der Waals surface area contributed by atoms with Gasteiger partial charge in [0.1, 0.15) is 5.82 Å². The van der Waals surface area contributed by atoms with E-state index in [1.165, 1.54) is 24.6 Å². The lowest BCUT2D eigenvalue weighted by Crippen LogP contribution is -2.30. The molecular formula is C26H28FN3O3S. The zero-order valence-electron chi connectivity index (χ0n) is 19.1. The molecular weight excluding hydrogens is 453 g/mol. The number of sulfonamides is 1. The van der Waals surface area contributed by atoms with Crippen LogP contribution in [0.25, 0.3) is 0 Å². The lowest BCUT2D eigenvalue weighted by molar-refractivity contribution is 0.0951. The molecule has 3 aromatic rings. The number of amides is 1. The highest BCUT2D eigenvalue weighted by atomic mass is 32.2. The van der Waals surface area contributed by atoms with Crippen molar-refractivity contribution >= 4 is 27.3 Å². The van der Waals surface area contributed by atoms with Crippen LogP contribution in [0, 0.1) is 5.82 Å². The number of benzene rings is 3. The van der Waals surface area contributed by atoms with Crippen LogP contribution in [-0.2, 0) is 23.1 Å². The number of carbonyl (C=O) groups excluding carboxylic acids is 1. The lowest BCUT2D eigenvalue weighted by Gasteiger charge is -2.23. The van der Waals surface area contributed by atoms with Crippen molar-refractivity contribution in [2.24, 2.45) is 0 Å². The van der Waals surface area contributed by atoms with E-state index in [0.29, 0.717) is 17.8 Å². The van der Waals surface area contributed by atoms with Crippen molar-refractivity contribution in [3.63, 3.8) is 0 Å². The highest BCUT2D eigenvalue weighted by molar-refractivity contribution is 7.92. The molecule has 8 heteroatoms. The first kappa shape index (κ1) is 23.8. The van der Waals surface area contributed by atoms with Gasteiger partial charge >= 0.3 is 0 Å². The van der Waals surface area contributed by atoms with Crippen molar-refractivity contribution in [2.45, 2.75) is 25.9 Å². The van der Waals surface area contributed by atoms with Crippen LogP contribution in [-0.4, -0.2) is 33.7 Å². The molecule has 6 nitrogen and oxygen atoms in total. The minimum Gasteiger partial charge on any atom is -0.372 e. The SMILES string of the molecule is CS(=O)(=O)N(Cc1ccccc1F)c1ccc(C(=O)NCc2ccc(N3CCCC3)cc2)cc1. The number of nitrogens with zero attached hydrogens (tertiary/aromatic N) is 2. The normalized spacial score (nSPS) is 13.6. The summed E-state index contributed by atoms with van der Waals surface area (Å²) in [6.45, 7) is 2.43. The minimum atomic E-state index is -3.66. The average molecular weight is 482 g/mol. The molecule has 0 unspecified atom stereocenters. The second-order valence-corrected chi connectivity index (χ2v) is 10.4. The summed E-state index contributed by atoms with van der Waals surface area (Å²) in [6.07, 6.45) is 3.52. The Labute approximate surface area is 200 Å². The summed E-state index contributed by atoms with van der Waals surface area (Å²) >= 11 is 0.